The minimum absolute atomic E-state index is 0.463. The van der Waals surface area contributed by atoms with E-state index in [9.17, 15) is 0 Å². The molecule has 2 aromatic rings. The van der Waals surface area contributed by atoms with Crippen molar-refractivity contribution in [2.45, 2.75) is 51.4 Å². The number of anilines is 1. The quantitative estimate of drug-likeness (QED) is 0.858. The number of fused-ring (bicyclic) bond motifs is 1. The topological polar surface area (TPSA) is 50.1 Å². The van der Waals surface area contributed by atoms with Crippen LogP contribution in [0.15, 0.2) is 24.2 Å². The minimum atomic E-state index is 0.463. The van der Waals surface area contributed by atoms with E-state index in [4.69, 9.17) is 0 Å². The number of likely N-dealkylation sites (tertiary alicyclic amines) is 1. The highest BCUT2D eigenvalue weighted by atomic mass is 32.1. The summed E-state index contributed by atoms with van der Waals surface area (Å²) in [5.41, 5.74) is 0. The summed E-state index contributed by atoms with van der Waals surface area (Å²) in [7, 11) is 0. The molecule has 0 aliphatic carbocycles. The van der Waals surface area contributed by atoms with Gasteiger partial charge in [-0.3, -0.25) is 4.68 Å². The van der Waals surface area contributed by atoms with E-state index in [1.807, 2.05) is 17.2 Å². The van der Waals surface area contributed by atoms with Crippen LogP contribution in [0.4, 0.5) is 5.13 Å². The van der Waals surface area contributed by atoms with Crippen LogP contribution in [0.1, 0.15) is 26.7 Å². The van der Waals surface area contributed by atoms with Gasteiger partial charge in [-0.2, -0.15) is 5.10 Å². The maximum atomic E-state index is 4.61. The molecule has 2 aliphatic rings. The first-order valence-corrected chi connectivity index (χ1v) is 9.34. The zero-order valence-corrected chi connectivity index (χ0v) is 14.6. The van der Waals surface area contributed by atoms with Crippen molar-refractivity contribution < 1.29 is 0 Å². The fraction of sp³-hybridized carbons (Fsp3) is 0.688. The van der Waals surface area contributed by atoms with E-state index in [-0.39, 0.29) is 0 Å². The van der Waals surface area contributed by atoms with Gasteiger partial charge < -0.3 is 9.80 Å². The molecule has 0 N–H and O–H groups in total. The molecule has 4 rings (SSSR count). The van der Waals surface area contributed by atoms with Crippen molar-refractivity contribution in [3.63, 3.8) is 0 Å². The Bertz CT molecular complexity index is 611. The number of nitrogens with zero attached hydrogens (tertiary/aromatic N) is 6. The average molecular weight is 332 g/mol. The van der Waals surface area contributed by atoms with E-state index in [2.05, 4.69) is 44.1 Å². The van der Waals surface area contributed by atoms with Crippen molar-refractivity contribution in [2.24, 2.45) is 5.92 Å². The molecule has 23 heavy (non-hydrogen) atoms. The van der Waals surface area contributed by atoms with Crippen LogP contribution in [0.25, 0.3) is 0 Å². The SMILES string of the molecule is CC(C)N1CC[C@H]2[C@H](C[C@@H](Cn3cncn3)N2c2nccs2)C1. The van der Waals surface area contributed by atoms with Crippen molar-refractivity contribution in [2.75, 3.05) is 18.0 Å². The number of thiazole rings is 1. The maximum Gasteiger partial charge on any atom is 0.185 e. The Labute approximate surface area is 141 Å². The Balaban J connectivity index is 1.58. The second kappa shape index (κ2) is 6.20. The van der Waals surface area contributed by atoms with Crippen LogP contribution < -0.4 is 4.90 Å². The smallest absolute Gasteiger partial charge is 0.185 e. The summed E-state index contributed by atoms with van der Waals surface area (Å²) in [5.74, 6) is 0.726. The highest BCUT2D eigenvalue weighted by Gasteiger charge is 2.45. The molecule has 0 radical (unpaired) electrons. The van der Waals surface area contributed by atoms with Crippen molar-refractivity contribution in [3.05, 3.63) is 24.2 Å². The zero-order chi connectivity index (χ0) is 15.8. The Kier molecular flexibility index (Phi) is 4.07. The lowest BCUT2D eigenvalue weighted by Gasteiger charge is -2.40. The molecule has 0 bridgehead atoms. The number of aromatic nitrogens is 4. The van der Waals surface area contributed by atoms with Crippen LogP contribution in [0.5, 0.6) is 0 Å². The summed E-state index contributed by atoms with van der Waals surface area (Å²) in [5, 5.41) is 7.56. The van der Waals surface area contributed by atoms with E-state index in [1.54, 1.807) is 17.7 Å². The summed E-state index contributed by atoms with van der Waals surface area (Å²) in [6.07, 6.45) is 7.81. The van der Waals surface area contributed by atoms with Crippen molar-refractivity contribution in [3.8, 4) is 0 Å². The molecule has 2 aromatic heterocycles. The van der Waals surface area contributed by atoms with Gasteiger partial charge in [-0.25, -0.2) is 9.97 Å². The molecule has 4 heterocycles. The molecule has 0 spiro atoms. The van der Waals surface area contributed by atoms with Gasteiger partial charge in [-0.1, -0.05) is 0 Å². The third-order valence-electron chi connectivity index (χ3n) is 5.29. The van der Waals surface area contributed by atoms with E-state index >= 15 is 0 Å². The van der Waals surface area contributed by atoms with Crippen LogP contribution >= 0.6 is 11.3 Å². The Morgan fingerprint density at radius 3 is 3.00 bits per heavy atom. The normalized spacial score (nSPS) is 28.5. The predicted octanol–water partition coefficient (Wildman–Crippen LogP) is 2.11. The highest BCUT2D eigenvalue weighted by molar-refractivity contribution is 7.13. The molecule has 2 fully saturated rings. The number of rotatable bonds is 4. The van der Waals surface area contributed by atoms with E-state index in [0.29, 0.717) is 18.1 Å². The number of hydrogen-bond acceptors (Lipinski definition) is 6. The Morgan fingerprint density at radius 1 is 1.39 bits per heavy atom. The predicted molar refractivity (Wildman–Crippen MR) is 91.6 cm³/mol. The molecule has 0 saturated carbocycles. The van der Waals surface area contributed by atoms with Gasteiger partial charge in [0.05, 0.1) is 12.6 Å². The lowest BCUT2D eigenvalue weighted by molar-refractivity contribution is 0.135. The van der Waals surface area contributed by atoms with Gasteiger partial charge >= 0.3 is 0 Å². The number of hydrogen-bond donors (Lipinski definition) is 0. The van der Waals surface area contributed by atoms with Gasteiger partial charge in [-0.15, -0.1) is 11.3 Å². The number of piperidine rings is 1. The van der Waals surface area contributed by atoms with Crippen molar-refractivity contribution >= 4 is 16.5 Å². The summed E-state index contributed by atoms with van der Waals surface area (Å²) >= 11 is 1.76. The molecule has 0 aromatic carbocycles. The monoisotopic (exact) mass is 332 g/mol. The molecular formula is C16H24N6S. The third-order valence-corrected chi connectivity index (χ3v) is 6.07. The van der Waals surface area contributed by atoms with E-state index in [1.165, 1.54) is 31.1 Å². The first-order chi connectivity index (χ1) is 11.2. The minimum Gasteiger partial charge on any atom is -0.340 e. The molecule has 2 aliphatic heterocycles. The van der Waals surface area contributed by atoms with Gasteiger partial charge in [0, 0.05) is 36.8 Å². The van der Waals surface area contributed by atoms with Gasteiger partial charge in [-0.05, 0) is 32.6 Å². The van der Waals surface area contributed by atoms with Gasteiger partial charge in [0.15, 0.2) is 5.13 Å². The summed E-state index contributed by atoms with van der Waals surface area (Å²) in [6.45, 7) is 7.91. The van der Waals surface area contributed by atoms with Crippen LogP contribution in [-0.4, -0.2) is 55.9 Å². The lowest BCUT2D eigenvalue weighted by atomic mass is 9.91. The van der Waals surface area contributed by atoms with E-state index in [0.717, 1.165) is 12.5 Å². The highest BCUT2D eigenvalue weighted by Crippen LogP contribution is 2.40. The molecule has 3 atom stereocenters. The maximum absolute atomic E-state index is 4.61. The average Bonchev–Trinajstić information content (AvgIpc) is 3.26. The van der Waals surface area contributed by atoms with Gasteiger partial charge in [0.2, 0.25) is 0 Å². The lowest BCUT2D eigenvalue weighted by Crippen LogP contribution is -2.49. The van der Waals surface area contributed by atoms with Crippen molar-refractivity contribution in [1.29, 1.82) is 0 Å². The standard InChI is InChI=1S/C16H24N6S/c1-12(2)20-5-3-15-13(8-20)7-14(9-21-11-17-10-19-21)22(15)16-18-4-6-23-16/h4,6,10-15H,3,5,7-9H2,1-2H3/t13-,14+,15+/m1/s1. The van der Waals surface area contributed by atoms with Crippen LogP contribution in [-0.2, 0) is 6.54 Å². The molecular weight excluding hydrogens is 308 g/mol. The molecule has 2 saturated heterocycles. The largest absolute Gasteiger partial charge is 0.340 e. The first-order valence-electron chi connectivity index (χ1n) is 8.46. The van der Waals surface area contributed by atoms with Crippen LogP contribution in [0.2, 0.25) is 0 Å². The zero-order valence-electron chi connectivity index (χ0n) is 13.7. The van der Waals surface area contributed by atoms with Gasteiger partial charge in [0.1, 0.15) is 12.7 Å². The molecule has 124 valence electrons. The summed E-state index contributed by atoms with van der Waals surface area (Å²) in [4.78, 5) is 13.9. The van der Waals surface area contributed by atoms with Crippen LogP contribution in [0.3, 0.4) is 0 Å². The molecule has 6 nitrogen and oxygen atoms in total. The molecule has 0 amide bonds. The second-order valence-electron chi connectivity index (χ2n) is 6.93. The Morgan fingerprint density at radius 2 is 2.30 bits per heavy atom. The Hall–Kier alpha value is -1.47. The third kappa shape index (κ3) is 2.87. The first kappa shape index (κ1) is 15.1. The summed E-state index contributed by atoms with van der Waals surface area (Å²) < 4.78 is 1.96. The fourth-order valence-corrected chi connectivity index (χ4v) is 4.97. The molecule has 0 unspecified atom stereocenters. The summed E-state index contributed by atoms with van der Waals surface area (Å²) in [6, 6.07) is 1.72. The fourth-order valence-electron chi connectivity index (χ4n) is 4.20. The van der Waals surface area contributed by atoms with Crippen LogP contribution in [0, 0.1) is 5.92 Å². The molecule has 7 heteroatoms. The van der Waals surface area contributed by atoms with Crippen molar-refractivity contribution in [1.82, 2.24) is 24.6 Å². The van der Waals surface area contributed by atoms with E-state index < -0.39 is 0 Å². The van der Waals surface area contributed by atoms with Gasteiger partial charge in [0.25, 0.3) is 0 Å². The second-order valence-corrected chi connectivity index (χ2v) is 7.81.